The monoisotopic (exact) mass is 292 g/mol. The highest BCUT2D eigenvalue weighted by Gasteiger charge is 2.22. The Labute approximate surface area is 128 Å². The third-order valence-electron chi connectivity index (χ3n) is 4.34. The molecule has 2 rings (SSSR count). The average molecular weight is 292 g/mol. The molecule has 0 radical (unpaired) electrons. The molecule has 21 heavy (non-hydrogen) atoms. The number of benzene rings is 1. The van der Waals surface area contributed by atoms with Gasteiger partial charge in [-0.15, -0.1) is 0 Å². The largest absolute Gasteiger partial charge is 0.382 e. The maximum absolute atomic E-state index is 5.72. The fourth-order valence-corrected chi connectivity index (χ4v) is 3.18. The van der Waals surface area contributed by atoms with Crippen molar-refractivity contribution in [2.75, 3.05) is 26.9 Å². The van der Waals surface area contributed by atoms with Crippen molar-refractivity contribution in [3.8, 4) is 0 Å². The molecule has 0 saturated carbocycles. The van der Waals surface area contributed by atoms with Crippen molar-refractivity contribution in [3.63, 3.8) is 0 Å². The summed E-state index contributed by atoms with van der Waals surface area (Å²) in [4.78, 5) is 0. The second-order valence-corrected chi connectivity index (χ2v) is 5.78. The number of hydrogen-bond acceptors (Lipinski definition) is 4. The Morgan fingerprint density at radius 3 is 2.95 bits per heavy atom. The lowest BCUT2D eigenvalue weighted by Crippen LogP contribution is -2.37. The molecule has 4 nitrogen and oxygen atoms in total. The van der Waals surface area contributed by atoms with Crippen molar-refractivity contribution in [2.24, 2.45) is 5.84 Å². The highest BCUT2D eigenvalue weighted by molar-refractivity contribution is 5.32. The molecule has 4 heteroatoms. The highest BCUT2D eigenvalue weighted by Crippen LogP contribution is 2.34. The Morgan fingerprint density at radius 2 is 2.14 bits per heavy atom. The minimum Gasteiger partial charge on any atom is -0.382 e. The van der Waals surface area contributed by atoms with Gasteiger partial charge in [-0.25, -0.2) is 0 Å². The zero-order valence-corrected chi connectivity index (χ0v) is 13.0. The number of hydrazine groups is 1. The van der Waals surface area contributed by atoms with E-state index in [2.05, 4.69) is 29.7 Å². The van der Waals surface area contributed by atoms with Crippen molar-refractivity contribution in [3.05, 3.63) is 35.4 Å². The third-order valence-corrected chi connectivity index (χ3v) is 4.34. The topological polar surface area (TPSA) is 56.5 Å². The Balaban J connectivity index is 1.82. The van der Waals surface area contributed by atoms with E-state index >= 15 is 0 Å². The molecular weight excluding hydrogens is 264 g/mol. The second-order valence-electron chi connectivity index (χ2n) is 5.78. The zero-order valence-electron chi connectivity index (χ0n) is 13.0. The van der Waals surface area contributed by atoms with Crippen LogP contribution in [0.15, 0.2) is 24.3 Å². The van der Waals surface area contributed by atoms with E-state index in [0.717, 1.165) is 19.4 Å². The van der Waals surface area contributed by atoms with E-state index in [-0.39, 0.29) is 0 Å². The zero-order chi connectivity index (χ0) is 14.9. The Kier molecular flexibility index (Phi) is 7.16. The van der Waals surface area contributed by atoms with Crippen LogP contribution in [0.5, 0.6) is 0 Å². The molecule has 0 aromatic heterocycles. The van der Waals surface area contributed by atoms with E-state index in [1.165, 1.54) is 30.4 Å². The van der Waals surface area contributed by atoms with E-state index in [1.54, 1.807) is 7.11 Å². The van der Waals surface area contributed by atoms with Gasteiger partial charge in [-0.3, -0.25) is 11.3 Å². The van der Waals surface area contributed by atoms with Gasteiger partial charge in [0.25, 0.3) is 0 Å². The van der Waals surface area contributed by atoms with Gasteiger partial charge in [-0.2, -0.15) is 0 Å². The molecule has 0 amide bonds. The summed E-state index contributed by atoms with van der Waals surface area (Å²) < 4.78 is 10.5. The summed E-state index contributed by atoms with van der Waals surface area (Å²) in [6.45, 7) is 2.03. The number of aryl methyl sites for hydroxylation is 1. The molecule has 0 aliphatic heterocycles. The summed E-state index contributed by atoms with van der Waals surface area (Å²) >= 11 is 0. The number of nitrogens with two attached hydrogens (primary N) is 1. The van der Waals surface area contributed by atoms with Crippen LogP contribution in [0.2, 0.25) is 0 Å². The van der Waals surface area contributed by atoms with Crippen LogP contribution in [0.3, 0.4) is 0 Å². The van der Waals surface area contributed by atoms with Crippen LogP contribution < -0.4 is 11.3 Å². The second kappa shape index (κ2) is 9.15. The standard InChI is InChI=1S/C17H28N2O2/c1-20-11-12-21-10-9-16(19-18)13-15-7-4-6-14-5-2-3-8-17(14)15/h2-3,5,8,15-16,19H,4,6-7,9-13,18H2,1H3. The van der Waals surface area contributed by atoms with Gasteiger partial charge in [0.1, 0.15) is 0 Å². The Bertz CT molecular complexity index is 412. The quantitative estimate of drug-likeness (QED) is 0.417. The molecule has 1 aromatic rings. The lowest BCUT2D eigenvalue weighted by Gasteiger charge is -2.28. The van der Waals surface area contributed by atoms with Gasteiger partial charge in [-0.1, -0.05) is 24.3 Å². The normalized spacial score (nSPS) is 19.2. The number of fused-ring (bicyclic) bond motifs is 1. The molecule has 1 aliphatic carbocycles. The van der Waals surface area contributed by atoms with Crippen LogP contribution in [-0.4, -0.2) is 33.0 Å². The first kappa shape index (κ1) is 16.4. The van der Waals surface area contributed by atoms with Crippen LogP contribution in [-0.2, 0) is 15.9 Å². The lowest BCUT2D eigenvalue weighted by molar-refractivity contribution is 0.0650. The maximum Gasteiger partial charge on any atom is 0.0700 e. The molecule has 1 aromatic carbocycles. The SMILES string of the molecule is COCCOCCC(CC1CCCc2ccccc21)NN. The van der Waals surface area contributed by atoms with Gasteiger partial charge in [0, 0.05) is 19.8 Å². The smallest absolute Gasteiger partial charge is 0.0700 e. The molecule has 0 bridgehead atoms. The summed E-state index contributed by atoms with van der Waals surface area (Å²) in [7, 11) is 1.69. The molecular formula is C17H28N2O2. The van der Waals surface area contributed by atoms with Crippen LogP contribution in [0.25, 0.3) is 0 Å². The van der Waals surface area contributed by atoms with Crippen LogP contribution in [0.4, 0.5) is 0 Å². The highest BCUT2D eigenvalue weighted by atomic mass is 16.5. The summed E-state index contributed by atoms with van der Waals surface area (Å²) in [5.74, 6) is 6.34. The van der Waals surface area contributed by atoms with E-state index in [9.17, 15) is 0 Å². The van der Waals surface area contributed by atoms with Crippen LogP contribution in [0.1, 0.15) is 42.7 Å². The average Bonchev–Trinajstić information content (AvgIpc) is 2.53. The first-order valence-corrected chi connectivity index (χ1v) is 7.95. The number of rotatable bonds is 9. The van der Waals surface area contributed by atoms with Crippen molar-refractivity contribution >= 4 is 0 Å². The van der Waals surface area contributed by atoms with Gasteiger partial charge < -0.3 is 9.47 Å². The Morgan fingerprint density at radius 1 is 1.29 bits per heavy atom. The summed E-state index contributed by atoms with van der Waals surface area (Å²) in [5.41, 5.74) is 5.99. The first-order chi connectivity index (χ1) is 10.3. The molecule has 0 heterocycles. The van der Waals surface area contributed by atoms with Gasteiger partial charge in [0.15, 0.2) is 0 Å². The predicted molar refractivity (Wildman–Crippen MR) is 85.2 cm³/mol. The summed E-state index contributed by atoms with van der Waals surface area (Å²) in [6, 6.07) is 9.14. The maximum atomic E-state index is 5.72. The van der Waals surface area contributed by atoms with E-state index in [1.807, 2.05) is 0 Å². The van der Waals surface area contributed by atoms with E-state index < -0.39 is 0 Å². The predicted octanol–water partition coefficient (Wildman–Crippen LogP) is 2.38. The van der Waals surface area contributed by atoms with E-state index in [4.69, 9.17) is 15.3 Å². The molecule has 0 saturated heterocycles. The van der Waals surface area contributed by atoms with Crippen molar-refractivity contribution < 1.29 is 9.47 Å². The summed E-state index contributed by atoms with van der Waals surface area (Å²) in [6.07, 6.45) is 5.79. The van der Waals surface area contributed by atoms with Crippen molar-refractivity contribution in [1.82, 2.24) is 5.43 Å². The van der Waals surface area contributed by atoms with Gasteiger partial charge in [0.05, 0.1) is 13.2 Å². The fraction of sp³-hybridized carbons (Fsp3) is 0.647. The molecule has 2 atom stereocenters. The molecule has 0 spiro atoms. The summed E-state index contributed by atoms with van der Waals surface area (Å²) in [5, 5.41) is 0. The van der Waals surface area contributed by atoms with Crippen molar-refractivity contribution in [1.29, 1.82) is 0 Å². The first-order valence-electron chi connectivity index (χ1n) is 7.95. The number of ether oxygens (including phenoxy) is 2. The van der Waals surface area contributed by atoms with Crippen molar-refractivity contribution in [2.45, 2.75) is 44.1 Å². The number of nitrogens with one attached hydrogen (secondary N) is 1. The minimum absolute atomic E-state index is 0.309. The van der Waals surface area contributed by atoms with E-state index in [0.29, 0.717) is 25.2 Å². The molecule has 0 fully saturated rings. The van der Waals surface area contributed by atoms with Gasteiger partial charge in [-0.05, 0) is 49.1 Å². The third kappa shape index (κ3) is 5.08. The molecule has 118 valence electrons. The molecule has 1 aliphatic rings. The molecule has 3 N–H and O–H groups in total. The number of hydrogen-bond donors (Lipinski definition) is 2. The van der Waals surface area contributed by atoms with Gasteiger partial charge >= 0.3 is 0 Å². The Hall–Kier alpha value is -0.940. The molecule has 2 unspecified atom stereocenters. The van der Waals surface area contributed by atoms with Crippen LogP contribution in [0, 0.1) is 0 Å². The lowest BCUT2D eigenvalue weighted by atomic mass is 9.79. The minimum atomic E-state index is 0.309. The fourth-order valence-electron chi connectivity index (χ4n) is 3.18. The van der Waals surface area contributed by atoms with Gasteiger partial charge in [0.2, 0.25) is 0 Å². The van der Waals surface area contributed by atoms with Crippen LogP contribution >= 0.6 is 0 Å². The number of methoxy groups -OCH3 is 1.